The Labute approximate surface area is 178 Å². The number of sulfonamides is 1. The molecule has 0 fully saturated rings. The maximum atomic E-state index is 13.3. The first-order valence-electron chi connectivity index (χ1n) is 9.26. The van der Waals surface area contributed by atoms with Crippen molar-refractivity contribution in [2.45, 2.75) is 24.8 Å². The summed E-state index contributed by atoms with van der Waals surface area (Å²) in [6.45, 7) is 3.53. The normalized spacial score (nSPS) is 12.1. The molecule has 0 spiro atoms. The van der Waals surface area contributed by atoms with Gasteiger partial charge >= 0.3 is 0 Å². The van der Waals surface area contributed by atoms with E-state index in [-0.39, 0.29) is 11.6 Å². The van der Waals surface area contributed by atoms with Crippen molar-refractivity contribution in [3.63, 3.8) is 0 Å². The number of rotatable bonds is 7. The van der Waals surface area contributed by atoms with Crippen molar-refractivity contribution in [3.8, 4) is 5.75 Å². The topological polar surface area (TPSA) is 84.5 Å². The van der Waals surface area contributed by atoms with E-state index >= 15 is 0 Å². The van der Waals surface area contributed by atoms with Gasteiger partial charge in [-0.1, -0.05) is 12.1 Å². The van der Waals surface area contributed by atoms with Gasteiger partial charge in [0.1, 0.15) is 5.75 Å². The predicted octanol–water partition coefficient (Wildman–Crippen LogP) is 4.48. The molecule has 1 amide bonds. The molecule has 0 aromatic heterocycles. The number of benzene rings is 3. The molecule has 1 atom stereocenters. The van der Waals surface area contributed by atoms with Gasteiger partial charge in [0.05, 0.1) is 4.90 Å². The number of aryl methyl sites for hydroxylation is 1. The smallest absolute Gasteiger partial charge is 0.265 e. The molecule has 0 heterocycles. The van der Waals surface area contributed by atoms with E-state index in [1.54, 1.807) is 13.0 Å². The molecule has 0 aliphatic carbocycles. The van der Waals surface area contributed by atoms with E-state index in [2.05, 4.69) is 10.0 Å². The molecule has 1 unspecified atom stereocenters. The van der Waals surface area contributed by atoms with Crippen molar-refractivity contribution in [3.05, 3.63) is 83.9 Å². The summed E-state index contributed by atoms with van der Waals surface area (Å²) < 4.78 is 58.9. The fourth-order valence-corrected chi connectivity index (χ4v) is 3.74. The Bertz CT molecular complexity index is 1200. The van der Waals surface area contributed by atoms with E-state index in [4.69, 9.17) is 4.74 Å². The molecule has 2 N–H and O–H groups in total. The highest BCUT2D eigenvalue weighted by molar-refractivity contribution is 7.92. The highest BCUT2D eigenvalue weighted by atomic mass is 32.2. The molecule has 3 rings (SSSR count). The number of halogens is 2. The van der Waals surface area contributed by atoms with Crippen LogP contribution in [0.5, 0.6) is 5.75 Å². The quantitative estimate of drug-likeness (QED) is 0.561. The zero-order valence-electron chi connectivity index (χ0n) is 16.7. The zero-order valence-corrected chi connectivity index (χ0v) is 17.5. The van der Waals surface area contributed by atoms with E-state index in [1.807, 2.05) is 25.1 Å². The lowest BCUT2D eigenvalue weighted by molar-refractivity contribution is -0.122. The maximum Gasteiger partial charge on any atom is 0.265 e. The summed E-state index contributed by atoms with van der Waals surface area (Å²) >= 11 is 0. The van der Waals surface area contributed by atoms with Crippen LogP contribution >= 0.6 is 0 Å². The third kappa shape index (κ3) is 5.79. The van der Waals surface area contributed by atoms with Gasteiger partial charge in [0.25, 0.3) is 15.9 Å². The van der Waals surface area contributed by atoms with E-state index in [0.29, 0.717) is 17.5 Å². The van der Waals surface area contributed by atoms with Gasteiger partial charge < -0.3 is 10.1 Å². The van der Waals surface area contributed by atoms with Crippen LogP contribution in [-0.2, 0) is 14.8 Å². The summed E-state index contributed by atoms with van der Waals surface area (Å²) in [5.41, 5.74) is 1.62. The van der Waals surface area contributed by atoms with Crippen molar-refractivity contribution in [1.82, 2.24) is 0 Å². The Kier molecular flexibility index (Phi) is 6.55. The van der Waals surface area contributed by atoms with Gasteiger partial charge in [-0.3, -0.25) is 9.52 Å². The van der Waals surface area contributed by atoms with Crippen LogP contribution in [0.25, 0.3) is 0 Å². The predicted molar refractivity (Wildman–Crippen MR) is 114 cm³/mol. The summed E-state index contributed by atoms with van der Waals surface area (Å²) in [6.07, 6.45) is -0.756. The average molecular weight is 446 g/mol. The minimum absolute atomic E-state index is 0.187. The fourth-order valence-electron chi connectivity index (χ4n) is 2.67. The number of carbonyl (C=O) groups excluding carboxylic acids is 1. The number of nitrogens with one attached hydrogen (secondary N) is 2. The van der Waals surface area contributed by atoms with E-state index in [1.165, 1.54) is 24.3 Å². The Morgan fingerprint density at radius 2 is 1.61 bits per heavy atom. The van der Waals surface area contributed by atoms with Gasteiger partial charge in [-0.2, -0.15) is 0 Å². The average Bonchev–Trinajstić information content (AvgIpc) is 2.71. The fraction of sp³-hybridized carbons (Fsp3) is 0.136. The summed E-state index contributed by atoms with van der Waals surface area (Å²) in [4.78, 5) is 11.9. The van der Waals surface area contributed by atoms with Crippen LogP contribution < -0.4 is 14.8 Å². The Morgan fingerprint density at radius 1 is 0.935 bits per heavy atom. The molecular weight excluding hydrogens is 426 g/mol. The molecule has 6 nitrogen and oxygen atoms in total. The minimum Gasteiger partial charge on any atom is -0.481 e. The second-order valence-electron chi connectivity index (χ2n) is 6.82. The van der Waals surface area contributed by atoms with Gasteiger partial charge in [-0.15, -0.1) is 0 Å². The van der Waals surface area contributed by atoms with Crippen LogP contribution in [0.2, 0.25) is 0 Å². The molecule has 0 radical (unpaired) electrons. The molecule has 0 aliphatic heterocycles. The highest BCUT2D eigenvalue weighted by Gasteiger charge is 2.18. The molecule has 9 heteroatoms. The third-order valence-corrected chi connectivity index (χ3v) is 5.66. The molecule has 0 saturated carbocycles. The van der Waals surface area contributed by atoms with Crippen LogP contribution in [0, 0.1) is 18.6 Å². The molecule has 3 aromatic carbocycles. The standard InChI is InChI=1S/C22H20F2N2O4S/c1-14-4-3-5-18(12-14)30-15(2)22(27)25-16-6-8-17(9-7-16)26-31(28,29)19-10-11-20(23)21(24)13-19/h3-13,15,26H,1-2H3,(H,25,27). The van der Waals surface area contributed by atoms with E-state index in [9.17, 15) is 22.0 Å². The molecule has 31 heavy (non-hydrogen) atoms. The van der Waals surface area contributed by atoms with Crippen molar-refractivity contribution < 1.29 is 26.7 Å². The van der Waals surface area contributed by atoms with Crippen molar-refractivity contribution in [2.24, 2.45) is 0 Å². The van der Waals surface area contributed by atoms with Gasteiger partial charge in [-0.05, 0) is 74.0 Å². The maximum absolute atomic E-state index is 13.3. The van der Waals surface area contributed by atoms with Crippen LogP contribution in [0.1, 0.15) is 12.5 Å². The summed E-state index contributed by atoms with van der Waals surface area (Å²) in [5.74, 6) is -2.20. The lowest BCUT2D eigenvalue weighted by atomic mass is 10.2. The van der Waals surface area contributed by atoms with E-state index < -0.39 is 32.7 Å². The number of hydrogen-bond acceptors (Lipinski definition) is 4. The second kappa shape index (κ2) is 9.13. The Hall–Kier alpha value is -3.46. The molecular formula is C22H20F2N2O4S. The lowest BCUT2D eigenvalue weighted by Crippen LogP contribution is -2.30. The highest BCUT2D eigenvalue weighted by Crippen LogP contribution is 2.20. The van der Waals surface area contributed by atoms with Gasteiger partial charge in [0.2, 0.25) is 0 Å². The first-order chi connectivity index (χ1) is 14.6. The lowest BCUT2D eigenvalue weighted by Gasteiger charge is -2.15. The van der Waals surface area contributed by atoms with Gasteiger partial charge in [0, 0.05) is 11.4 Å². The molecule has 0 saturated heterocycles. The van der Waals surface area contributed by atoms with Crippen LogP contribution in [0.4, 0.5) is 20.2 Å². The SMILES string of the molecule is Cc1cccc(OC(C)C(=O)Nc2ccc(NS(=O)(=O)c3ccc(F)c(F)c3)cc2)c1. The number of ether oxygens (including phenoxy) is 1. The van der Waals surface area contributed by atoms with Crippen LogP contribution in [0.15, 0.2) is 71.6 Å². The van der Waals surface area contributed by atoms with Crippen LogP contribution in [0.3, 0.4) is 0 Å². The van der Waals surface area contributed by atoms with Crippen molar-refractivity contribution >= 4 is 27.3 Å². The van der Waals surface area contributed by atoms with Crippen molar-refractivity contribution in [2.75, 3.05) is 10.0 Å². The number of hydrogen-bond donors (Lipinski definition) is 2. The van der Waals surface area contributed by atoms with E-state index in [0.717, 1.165) is 17.7 Å². The second-order valence-corrected chi connectivity index (χ2v) is 8.51. The number of carbonyl (C=O) groups is 1. The Balaban J connectivity index is 1.63. The molecule has 162 valence electrons. The summed E-state index contributed by atoms with van der Waals surface area (Å²) in [7, 11) is -4.10. The number of amides is 1. The Morgan fingerprint density at radius 3 is 2.26 bits per heavy atom. The third-order valence-electron chi connectivity index (χ3n) is 4.28. The first kappa shape index (κ1) is 22.2. The monoisotopic (exact) mass is 446 g/mol. The zero-order chi connectivity index (χ0) is 22.6. The first-order valence-corrected chi connectivity index (χ1v) is 10.7. The van der Waals surface area contributed by atoms with Gasteiger partial charge in [0.15, 0.2) is 17.7 Å². The molecule has 0 bridgehead atoms. The summed E-state index contributed by atoms with van der Waals surface area (Å²) in [5, 5.41) is 2.68. The molecule has 3 aromatic rings. The largest absolute Gasteiger partial charge is 0.481 e. The van der Waals surface area contributed by atoms with Gasteiger partial charge in [-0.25, -0.2) is 17.2 Å². The minimum atomic E-state index is -4.10. The summed E-state index contributed by atoms with van der Waals surface area (Å²) in [6, 6.07) is 15.5. The van der Waals surface area contributed by atoms with Crippen LogP contribution in [-0.4, -0.2) is 20.4 Å². The van der Waals surface area contributed by atoms with Crippen molar-refractivity contribution in [1.29, 1.82) is 0 Å². The molecule has 0 aliphatic rings. The number of anilines is 2.